The zero-order valence-electron chi connectivity index (χ0n) is 22.5. The number of ether oxygens (including phenoxy) is 5. The summed E-state index contributed by atoms with van der Waals surface area (Å²) in [6.45, 7) is 2.62. The predicted molar refractivity (Wildman–Crippen MR) is 143 cm³/mol. The van der Waals surface area contributed by atoms with Crippen molar-refractivity contribution < 1.29 is 43.2 Å². The van der Waals surface area contributed by atoms with Crippen LogP contribution in [0.15, 0.2) is 91.0 Å². The van der Waals surface area contributed by atoms with Gasteiger partial charge in [-0.2, -0.15) is 0 Å². The quantitative estimate of drug-likeness (QED) is 0.244. The summed E-state index contributed by atoms with van der Waals surface area (Å²) in [5.41, 5.74) is 1.08. The zero-order valence-corrected chi connectivity index (χ0v) is 22.5. The van der Waals surface area contributed by atoms with Gasteiger partial charge in [0.2, 0.25) is 5.79 Å². The van der Waals surface area contributed by atoms with Gasteiger partial charge < -0.3 is 28.8 Å². The Morgan fingerprint density at radius 3 is 1.57 bits per heavy atom. The van der Waals surface area contributed by atoms with E-state index in [2.05, 4.69) is 0 Å². The molecule has 4 rings (SSSR count). The lowest BCUT2D eigenvalue weighted by atomic mass is 9.80. The molecule has 9 nitrogen and oxygen atoms in total. The van der Waals surface area contributed by atoms with Gasteiger partial charge in [-0.05, 0) is 16.7 Å². The van der Waals surface area contributed by atoms with Crippen LogP contribution < -0.4 is 0 Å². The maximum absolute atomic E-state index is 12.1. The highest BCUT2D eigenvalue weighted by Gasteiger charge is 2.57. The Morgan fingerprint density at radius 2 is 1.18 bits per heavy atom. The summed E-state index contributed by atoms with van der Waals surface area (Å²) >= 11 is 0. The molecular weight excluding hydrogens is 516 g/mol. The fourth-order valence-electron chi connectivity index (χ4n) is 4.94. The normalized spacial score (nSPS) is 22.6. The molecule has 0 saturated carbocycles. The lowest BCUT2D eigenvalue weighted by Gasteiger charge is -2.46. The molecule has 0 amide bonds. The van der Waals surface area contributed by atoms with E-state index in [1.807, 2.05) is 91.0 Å². The smallest absolute Gasteiger partial charge is 0.303 e. The highest BCUT2D eigenvalue weighted by Crippen LogP contribution is 2.42. The Labute approximate surface area is 232 Å². The van der Waals surface area contributed by atoms with Crippen LogP contribution in [0.25, 0.3) is 0 Å². The first-order chi connectivity index (χ1) is 19.2. The molecule has 4 atom stereocenters. The third kappa shape index (κ3) is 6.22. The second kappa shape index (κ2) is 12.4. The second-order valence-electron chi connectivity index (χ2n) is 9.48. The molecule has 0 aliphatic carbocycles. The summed E-state index contributed by atoms with van der Waals surface area (Å²) in [7, 11) is 0. The molecule has 3 aromatic carbocycles. The fourth-order valence-corrected chi connectivity index (χ4v) is 4.94. The van der Waals surface area contributed by atoms with Gasteiger partial charge in [-0.15, -0.1) is 0 Å². The molecule has 0 unspecified atom stereocenters. The SMILES string of the molecule is CC(=O)O[C@@H]1[C@@H](OC(C)=O)CO[C@@](O)(COC(c2ccccc2)(c2ccccc2)c2ccccc2)[C@@H]1OC(C)=O. The van der Waals surface area contributed by atoms with Crippen molar-refractivity contribution in [3.8, 4) is 0 Å². The van der Waals surface area contributed by atoms with E-state index in [0.717, 1.165) is 30.5 Å². The van der Waals surface area contributed by atoms with Crippen molar-refractivity contribution in [2.24, 2.45) is 0 Å². The lowest BCUT2D eigenvalue weighted by molar-refractivity contribution is -0.343. The van der Waals surface area contributed by atoms with Crippen LogP contribution in [0.2, 0.25) is 0 Å². The van der Waals surface area contributed by atoms with Gasteiger partial charge >= 0.3 is 17.9 Å². The van der Waals surface area contributed by atoms with Crippen LogP contribution >= 0.6 is 0 Å². The Morgan fingerprint density at radius 1 is 0.750 bits per heavy atom. The molecule has 1 heterocycles. The molecule has 9 heteroatoms. The zero-order chi connectivity index (χ0) is 28.8. The summed E-state index contributed by atoms with van der Waals surface area (Å²) < 4.78 is 28.6. The van der Waals surface area contributed by atoms with E-state index < -0.39 is 54.2 Å². The highest BCUT2D eigenvalue weighted by molar-refractivity contribution is 5.68. The largest absolute Gasteiger partial charge is 0.456 e. The number of benzene rings is 3. The Bertz CT molecular complexity index is 1200. The van der Waals surface area contributed by atoms with Crippen molar-refractivity contribution in [3.63, 3.8) is 0 Å². The third-order valence-corrected chi connectivity index (χ3v) is 6.56. The Kier molecular flexibility index (Phi) is 8.99. The molecule has 3 aromatic rings. The standard InChI is InChI=1S/C31H32O9/c1-21(32)38-27-19-36-30(35,29(40-23(3)34)28(27)39-22(2)33)20-37-31(24-13-7-4-8-14-24,25-15-9-5-10-16-25)26-17-11-6-12-18-26/h4-18,27-29,35H,19-20H2,1-3H3/t27-,28+,29+,30-/m0/s1. The van der Waals surface area contributed by atoms with Crippen LogP contribution in [0.5, 0.6) is 0 Å². The maximum Gasteiger partial charge on any atom is 0.303 e. The average molecular weight is 549 g/mol. The predicted octanol–water partition coefficient (Wildman–Crippen LogP) is 3.51. The first-order valence-corrected chi connectivity index (χ1v) is 12.8. The van der Waals surface area contributed by atoms with Crippen molar-refractivity contribution in [1.29, 1.82) is 0 Å². The summed E-state index contributed by atoms with van der Waals surface area (Å²) in [4.78, 5) is 35.9. The number of esters is 3. The molecule has 210 valence electrons. The Balaban J connectivity index is 1.81. The molecular formula is C31H32O9. The number of carbonyl (C=O) groups excluding carboxylic acids is 3. The van der Waals surface area contributed by atoms with Crippen molar-refractivity contribution in [1.82, 2.24) is 0 Å². The van der Waals surface area contributed by atoms with Gasteiger partial charge in [0.15, 0.2) is 18.3 Å². The van der Waals surface area contributed by atoms with E-state index in [9.17, 15) is 19.5 Å². The van der Waals surface area contributed by atoms with Crippen molar-refractivity contribution >= 4 is 17.9 Å². The second-order valence-corrected chi connectivity index (χ2v) is 9.48. The summed E-state index contributed by atoms with van der Waals surface area (Å²) in [5.74, 6) is -4.44. The fraction of sp³-hybridized carbons (Fsp3) is 0.323. The van der Waals surface area contributed by atoms with E-state index in [0.29, 0.717) is 0 Å². The van der Waals surface area contributed by atoms with E-state index in [-0.39, 0.29) is 6.61 Å². The molecule has 1 fully saturated rings. The van der Waals surface area contributed by atoms with Crippen LogP contribution in [0.3, 0.4) is 0 Å². The van der Waals surface area contributed by atoms with Gasteiger partial charge in [-0.25, -0.2) is 0 Å². The molecule has 0 aromatic heterocycles. The number of hydrogen-bond donors (Lipinski definition) is 1. The third-order valence-electron chi connectivity index (χ3n) is 6.56. The van der Waals surface area contributed by atoms with E-state index in [1.54, 1.807) is 0 Å². The molecule has 1 saturated heterocycles. The minimum absolute atomic E-state index is 0.343. The molecule has 1 aliphatic rings. The van der Waals surface area contributed by atoms with Gasteiger partial charge in [0.05, 0.1) is 6.61 Å². The van der Waals surface area contributed by atoms with Crippen molar-refractivity contribution in [3.05, 3.63) is 108 Å². The summed E-state index contributed by atoms with van der Waals surface area (Å²) in [6, 6.07) is 28.4. The number of aliphatic hydroxyl groups is 1. The van der Waals surface area contributed by atoms with E-state index >= 15 is 0 Å². The van der Waals surface area contributed by atoms with Gasteiger partial charge in [0.25, 0.3) is 0 Å². The highest BCUT2D eigenvalue weighted by atomic mass is 16.7. The molecule has 0 bridgehead atoms. The van der Waals surface area contributed by atoms with Gasteiger partial charge in [0, 0.05) is 20.8 Å². The first kappa shape index (κ1) is 28.9. The number of hydrogen-bond acceptors (Lipinski definition) is 9. The van der Waals surface area contributed by atoms with E-state index in [4.69, 9.17) is 23.7 Å². The summed E-state index contributed by atoms with van der Waals surface area (Å²) in [5, 5.41) is 11.9. The maximum atomic E-state index is 12.1. The van der Waals surface area contributed by atoms with Crippen molar-refractivity contribution in [2.45, 2.75) is 50.5 Å². The molecule has 1 aliphatic heterocycles. The molecule has 0 spiro atoms. The van der Waals surface area contributed by atoms with Crippen LogP contribution in [-0.2, 0) is 43.7 Å². The topological polar surface area (TPSA) is 118 Å². The van der Waals surface area contributed by atoms with Gasteiger partial charge in [-0.1, -0.05) is 91.0 Å². The van der Waals surface area contributed by atoms with Crippen LogP contribution in [0.4, 0.5) is 0 Å². The average Bonchev–Trinajstić information content (AvgIpc) is 2.94. The monoisotopic (exact) mass is 548 g/mol. The van der Waals surface area contributed by atoms with Crippen molar-refractivity contribution in [2.75, 3.05) is 13.2 Å². The van der Waals surface area contributed by atoms with Crippen LogP contribution in [0, 0.1) is 0 Å². The summed E-state index contributed by atoms with van der Waals surface area (Å²) in [6.07, 6.45) is -4.06. The lowest BCUT2D eigenvalue weighted by Crippen LogP contribution is -2.66. The molecule has 40 heavy (non-hydrogen) atoms. The van der Waals surface area contributed by atoms with Gasteiger partial charge in [-0.3, -0.25) is 14.4 Å². The van der Waals surface area contributed by atoms with E-state index in [1.165, 1.54) is 6.92 Å². The minimum atomic E-state index is -2.29. The first-order valence-electron chi connectivity index (χ1n) is 12.8. The molecule has 0 radical (unpaired) electrons. The van der Waals surface area contributed by atoms with Crippen LogP contribution in [0.1, 0.15) is 37.5 Å². The van der Waals surface area contributed by atoms with Gasteiger partial charge in [0.1, 0.15) is 12.2 Å². The number of carbonyl (C=O) groups is 3. The minimum Gasteiger partial charge on any atom is -0.456 e. The number of rotatable bonds is 9. The Hall–Kier alpha value is -4.05. The van der Waals surface area contributed by atoms with Crippen LogP contribution in [-0.4, -0.2) is 60.3 Å². The molecule has 1 N–H and O–H groups in total.